The molecule has 1 aromatic rings. The number of ether oxygens (including phenoxy) is 1. The van der Waals surface area contributed by atoms with Gasteiger partial charge in [-0.05, 0) is 38.5 Å². The van der Waals surface area contributed by atoms with Crippen molar-refractivity contribution in [1.29, 1.82) is 0 Å². The molecule has 0 fully saturated rings. The summed E-state index contributed by atoms with van der Waals surface area (Å²) in [6.07, 6.45) is 0. The number of hydrogen-bond donors (Lipinski definition) is 1. The molecule has 0 heterocycles. The van der Waals surface area contributed by atoms with Gasteiger partial charge >= 0.3 is 0 Å². The zero-order valence-corrected chi connectivity index (χ0v) is 12.0. The molecule has 1 aromatic carbocycles. The second-order valence-corrected chi connectivity index (χ2v) is 5.23. The van der Waals surface area contributed by atoms with Crippen molar-refractivity contribution < 1.29 is 9.53 Å². The van der Waals surface area contributed by atoms with E-state index < -0.39 is 0 Å². The number of alkyl halides is 1. The smallest absolute Gasteiger partial charge is 0.233 e. The van der Waals surface area contributed by atoms with Gasteiger partial charge in [-0.2, -0.15) is 0 Å². The van der Waals surface area contributed by atoms with Crippen molar-refractivity contribution >= 4 is 21.8 Å². The number of carbonyl (C=O) groups is 1. The van der Waals surface area contributed by atoms with Crippen molar-refractivity contribution in [2.45, 2.75) is 31.6 Å². The lowest BCUT2D eigenvalue weighted by Crippen LogP contribution is -2.31. The van der Waals surface area contributed by atoms with Crippen LogP contribution in [0.5, 0.6) is 5.75 Å². The van der Waals surface area contributed by atoms with Gasteiger partial charge in [0.25, 0.3) is 0 Å². The predicted molar refractivity (Wildman–Crippen MR) is 72.6 cm³/mol. The molecule has 0 aromatic heterocycles. The quantitative estimate of drug-likeness (QED) is 0.849. The fraction of sp³-hybridized carbons (Fsp3) is 0.462. The van der Waals surface area contributed by atoms with Crippen molar-refractivity contribution in [3.63, 3.8) is 0 Å². The SMILES string of the molecule is CCOc1cccc(C(C)NC(=O)C(C)Br)c1. The molecule has 0 spiro atoms. The van der Waals surface area contributed by atoms with Crippen LogP contribution in [-0.4, -0.2) is 17.3 Å². The van der Waals surface area contributed by atoms with Crippen molar-refractivity contribution in [2.75, 3.05) is 6.61 Å². The maximum absolute atomic E-state index is 11.5. The van der Waals surface area contributed by atoms with E-state index in [0.717, 1.165) is 11.3 Å². The molecular weight excluding hydrogens is 282 g/mol. The van der Waals surface area contributed by atoms with Gasteiger partial charge in [-0.3, -0.25) is 4.79 Å². The first-order valence-electron chi connectivity index (χ1n) is 5.71. The van der Waals surface area contributed by atoms with E-state index in [2.05, 4.69) is 21.2 Å². The topological polar surface area (TPSA) is 38.3 Å². The molecule has 4 heteroatoms. The molecule has 1 N–H and O–H groups in total. The summed E-state index contributed by atoms with van der Waals surface area (Å²) >= 11 is 3.24. The highest BCUT2D eigenvalue weighted by molar-refractivity contribution is 9.10. The van der Waals surface area contributed by atoms with Gasteiger partial charge in [0.2, 0.25) is 5.91 Å². The number of amides is 1. The van der Waals surface area contributed by atoms with E-state index in [4.69, 9.17) is 4.74 Å². The van der Waals surface area contributed by atoms with E-state index in [9.17, 15) is 4.79 Å². The Bertz CT molecular complexity index is 379. The van der Waals surface area contributed by atoms with Crippen LogP contribution in [-0.2, 0) is 4.79 Å². The molecule has 0 aliphatic heterocycles. The highest BCUT2D eigenvalue weighted by Gasteiger charge is 2.13. The van der Waals surface area contributed by atoms with E-state index in [1.165, 1.54) is 0 Å². The molecule has 0 saturated heterocycles. The zero-order chi connectivity index (χ0) is 12.8. The summed E-state index contributed by atoms with van der Waals surface area (Å²) in [6.45, 7) is 6.35. The van der Waals surface area contributed by atoms with Crippen LogP contribution in [0.15, 0.2) is 24.3 Å². The Morgan fingerprint density at radius 2 is 2.18 bits per heavy atom. The summed E-state index contributed by atoms with van der Waals surface area (Å²) in [5, 5.41) is 2.92. The molecule has 0 bridgehead atoms. The van der Waals surface area contributed by atoms with Crippen molar-refractivity contribution in [3.8, 4) is 5.75 Å². The van der Waals surface area contributed by atoms with Crippen molar-refractivity contribution in [3.05, 3.63) is 29.8 Å². The summed E-state index contributed by atoms with van der Waals surface area (Å²) in [7, 11) is 0. The Hall–Kier alpha value is -1.03. The van der Waals surface area contributed by atoms with Gasteiger partial charge < -0.3 is 10.1 Å². The number of rotatable bonds is 5. The monoisotopic (exact) mass is 299 g/mol. The third kappa shape index (κ3) is 4.38. The van der Waals surface area contributed by atoms with E-state index in [1.54, 1.807) is 6.92 Å². The van der Waals surface area contributed by atoms with E-state index in [1.807, 2.05) is 38.1 Å². The highest BCUT2D eigenvalue weighted by Crippen LogP contribution is 2.19. The van der Waals surface area contributed by atoms with E-state index in [0.29, 0.717) is 6.61 Å². The first-order valence-corrected chi connectivity index (χ1v) is 6.63. The summed E-state index contributed by atoms with van der Waals surface area (Å²) in [6, 6.07) is 7.75. The average Bonchev–Trinajstić information content (AvgIpc) is 2.29. The van der Waals surface area contributed by atoms with Gasteiger partial charge in [0, 0.05) is 0 Å². The molecule has 0 aliphatic carbocycles. The molecule has 0 saturated carbocycles. The molecule has 0 radical (unpaired) electrons. The Morgan fingerprint density at radius 1 is 1.47 bits per heavy atom. The van der Waals surface area contributed by atoms with Gasteiger partial charge in [-0.15, -0.1) is 0 Å². The number of nitrogens with one attached hydrogen (secondary N) is 1. The third-order valence-electron chi connectivity index (χ3n) is 2.39. The summed E-state index contributed by atoms with van der Waals surface area (Å²) in [5.41, 5.74) is 1.04. The second kappa shape index (κ2) is 6.64. The zero-order valence-electron chi connectivity index (χ0n) is 10.4. The Labute approximate surface area is 111 Å². The van der Waals surface area contributed by atoms with Crippen LogP contribution < -0.4 is 10.1 Å². The number of halogens is 1. The van der Waals surface area contributed by atoms with Crippen LogP contribution >= 0.6 is 15.9 Å². The lowest BCUT2D eigenvalue weighted by atomic mass is 10.1. The normalized spacial score (nSPS) is 13.9. The minimum Gasteiger partial charge on any atom is -0.494 e. The summed E-state index contributed by atoms with van der Waals surface area (Å²) < 4.78 is 5.43. The van der Waals surface area contributed by atoms with E-state index in [-0.39, 0.29) is 16.8 Å². The molecule has 1 rings (SSSR count). The highest BCUT2D eigenvalue weighted by atomic mass is 79.9. The molecule has 2 unspecified atom stereocenters. The fourth-order valence-corrected chi connectivity index (χ4v) is 1.58. The minimum atomic E-state index is -0.181. The molecule has 94 valence electrons. The Kier molecular flexibility index (Phi) is 5.48. The first-order chi connectivity index (χ1) is 8.04. The minimum absolute atomic E-state index is 0.0145. The number of benzene rings is 1. The molecule has 17 heavy (non-hydrogen) atoms. The van der Waals surface area contributed by atoms with Crippen LogP contribution in [0.2, 0.25) is 0 Å². The maximum atomic E-state index is 11.5. The third-order valence-corrected chi connectivity index (χ3v) is 2.80. The second-order valence-electron chi connectivity index (χ2n) is 3.85. The fourth-order valence-electron chi connectivity index (χ4n) is 1.45. The van der Waals surface area contributed by atoms with Gasteiger partial charge in [-0.1, -0.05) is 28.1 Å². The average molecular weight is 300 g/mol. The number of carbonyl (C=O) groups excluding carboxylic acids is 1. The Balaban J connectivity index is 2.71. The van der Waals surface area contributed by atoms with Crippen LogP contribution in [0.1, 0.15) is 32.4 Å². The molecular formula is C13H18BrNO2. The van der Waals surface area contributed by atoms with Crippen molar-refractivity contribution in [2.24, 2.45) is 0 Å². The number of hydrogen-bond acceptors (Lipinski definition) is 2. The van der Waals surface area contributed by atoms with Gasteiger partial charge in [0.05, 0.1) is 17.5 Å². The molecule has 0 aliphatic rings. The van der Waals surface area contributed by atoms with Gasteiger partial charge in [-0.25, -0.2) is 0 Å². The van der Waals surface area contributed by atoms with Crippen LogP contribution in [0, 0.1) is 0 Å². The van der Waals surface area contributed by atoms with E-state index >= 15 is 0 Å². The lowest BCUT2D eigenvalue weighted by molar-refractivity contribution is -0.120. The van der Waals surface area contributed by atoms with Crippen LogP contribution in [0.25, 0.3) is 0 Å². The standard InChI is InChI=1S/C13H18BrNO2/c1-4-17-12-7-5-6-11(8-12)10(3)15-13(16)9(2)14/h5-10H,4H2,1-3H3,(H,15,16). The summed E-state index contributed by atoms with van der Waals surface area (Å²) in [5.74, 6) is 0.817. The lowest BCUT2D eigenvalue weighted by Gasteiger charge is -2.16. The largest absolute Gasteiger partial charge is 0.494 e. The van der Waals surface area contributed by atoms with Crippen molar-refractivity contribution in [1.82, 2.24) is 5.32 Å². The van der Waals surface area contributed by atoms with Gasteiger partial charge in [0.15, 0.2) is 0 Å². The molecule has 2 atom stereocenters. The van der Waals surface area contributed by atoms with Gasteiger partial charge in [0.1, 0.15) is 5.75 Å². The first kappa shape index (κ1) is 14.0. The molecule has 3 nitrogen and oxygen atoms in total. The van der Waals surface area contributed by atoms with Crippen LogP contribution in [0.3, 0.4) is 0 Å². The predicted octanol–water partition coefficient (Wildman–Crippen LogP) is 3.05. The maximum Gasteiger partial charge on any atom is 0.233 e. The summed E-state index contributed by atoms with van der Waals surface area (Å²) in [4.78, 5) is 11.4. The Morgan fingerprint density at radius 3 is 2.76 bits per heavy atom. The van der Waals surface area contributed by atoms with Crippen LogP contribution in [0.4, 0.5) is 0 Å². The molecule has 1 amide bonds.